The number of nitrogens with zero attached hydrogens (tertiary/aromatic N) is 6. The second-order valence-electron chi connectivity index (χ2n) is 12.1. The molecule has 6 aromatic rings. The molecular formula is C38H37FN10O4. The number of nitrogens with one attached hydrogen (secondary N) is 4. The molecule has 0 bridgehead atoms. The van der Waals surface area contributed by atoms with E-state index in [-0.39, 0.29) is 41.2 Å². The van der Waals surface area contributed by atoms with E-state index in [0.717, 1.165) is 43.0 Å². The van der Waals surface area contributed by atoms with Crippen LogP contribution in [0, 0.1) is 5.82 Å². The summed E-state index contributed by atoms with van der Waals surface area (Å²) in [7, 11) is 0. The number of anilines is 2. The molecule has 2 atom stereocenters. The number of hydrogen-bond donors (Lipinski definition) is 4. The normalized spacial score (nSPS) is 16.9. The minimum absolute atomic E-state index is 0.0270. The molecule has 2 aliphatic heterocycles. The largest absolute Gasteiger partial charge is 0.371 e. The van der Waals surface area contributed by atoms with Gasteiger partial charge in [-0.2, -0.15) is 19.8 Å². The lowest BCUT2D eigenvalue weighted by atomic mass is 10.1. The van der Waals surface area contributed by atoms with Gasteiger partial charge in [-0.15, -0.1) is 10.2 Å². The third-order valence-electron chi connectivity index (χ3n) is 8.43. The first-order valence-corrected chi connectivity index (χ1v) is 17.1. The van der Waals surface area contributed by atoms with Gasteiger partial charge in [-0.05, 0) is 71.8 Å². The van der Waals surface area contributed by atoms with Crippen molar-refractivity contribution in [2.45, 2.75) is 12.2 Å². The first-order chi connectivity index (χ1) is 26.0. The second-order valence-corrected chi connectivity index (χ2v) is 12.1. The van der Waals surface area contributed by atoms with Crippen LogP contribution in [0.15, 0.2) is 116 Å². The van der Waals surface area contributed by atoms with Crippen molar-refractivity contribution >= 4 is 23.2 Å². The monoisotopic (exact) mass is 716 g/mol. The average molecular weight is 717 g/mol. The van der Waals surface area contributed by atoms with Crippen LogP contribution in [0.2, 0.25) is 0 Å². The number of halogens is 1. The van der Waals surface area contributed by atoms with E-state index in [1.807, 2.05) is 78.9 Å². The maximum atomic E-state index is 13.0. The summed E-state index contributed by atoms with van der Waals surface area (Å²) in [5.74, 6) is -1.01. The summed E-state index contributed by atoms with van der Waals surface area (Å²) >= 11 is 0. The van der Waals surface area contributed by atoms with Crippen LogP contribution in [0.25, 0.3) is 11.4 Å². The highest BCUT2D eigenvalue weighted by molar-refractivity contribution is 6.03. The number of aromatic nitrogens is 6. The Labute approximate surface area is 304 Å². The average Bonchev–Trinajstić information content (AvgIpc) is 3.92. The molecule has 0 aliphatic carbocycles. The van der Waals surface area contributed by atoms with Gasteiger partial charge in [0.2, 0.25) is 0 Å². The Morgan fingerprint density at radius 3 is 1.51 bits per heavy atom. The lowest BCUT2D eigenvalue weighted by molar-refractivity contribution is 0.0276. The molecule has 2 amide bonds. The molecule has 2 saturated heterocycles. The van der Waals surface area contributed by atoms with Gasteiger partial charge in [0.05, 0.1) is 49.2 Å². The molecule has 0 unspecified atom stereocenters. The summed E-state index contributed by atoms with van der Waals surface area (Å²) in [6, 6.07) is 30.4. The van der Waals surface area contributed by atoms with E-state index in [4.69, 9.17) is 9.47 Å². The zero-order valence-corrected chi connectivity index (χ0v) is 28.6. The Kier molecular flexibility index (Phi) is 11.3. The van der Waals surface area contributed by atoms with Crippen molar-refractivity contribution in [1.82, 2.24) is 40.6 Å². The third kappa shape index (κ3) is 9.22. The Morgan fingerprint density at radius 1 is 0.623 bits per heavy atom. The molecule has 53 heavy (non-hydrogen) atoms. The number of hydrogen-bond acceptors (Lipinski definition) is 10. The van der Waals surface area contributed by atoms with E-state index in [1.165, 1.54) is 46.3 Å². The Balaban J connectivity index is 0.000000164. The van der Waals surface area contributed by atoms with E-state index in [9.17, 15) is 14.0 Å². The lowest BCUT2D eigenvalue weighted by Gasteiger charge is -2.24. The topological polar surface area (TPSA) is 162 Å². The van der Waals surface area contributed by atoms with Crippen LogP contribution < -0.4 is 21.3 Å². The number of rotatable bonds is 8. The molecule has 0 radical (unpaired) electrons. The molecule has 8 rings (SSSR count). The number of para-hydroxylation sites is 1. The van der Waals surface area contributed by atoms with Crippen LogP contribution >= 0.6 is 0 Å². The van der Waals surface area contributed by atoms with Gasteiger partial charge in [0.15, 0.2) is 11.4 Å². The van der Waals surface area contributed by atoms with E-state index in [2.05, 4.69) is 41.7 Å². The number of benzene rings is 4. The minimum Gasteiger partial charge on any atom is -0.371 e. The van der Waals surface area contributed by atoms with Crippen molar-refractivity contribution in [3.63, 3.8) is 0 Å². The summed E-state index contributed by atoms with van der Waals surface area (Å²) in [5.41, 5.74) is 5.31. The zero-order valence-electron chi connectivity index (χ0n) is 28.6. The Bertz CT molecular complexity index is 2090. The highest BCUT2D eigenvalue weighted by Gasteiger charge is 2.18. The van der Waals surface area contributed by atoms with Gasteiger partial charge in [0.1, 0.15) is 5.82 Å². The predicted molar refractivity (Wildman–Crippen MR) is 195 cm³/mol. The van der Waals surface area contributed by atoms with E-state index in [1.54, 1.807) is 0 Å². The highest BCUT2D eigenvalue weighted by Crippen LogP contribution is 2.22. The number of amides is 2. The molecule has 4 N–H and O–H groups in total. The number of carbonyl (C=O) groups excluding carboxylic acids is 2. The fourth-order valence-electron chi connectivity index (χ4n) is 5.63. The molecule has 270 valence electrons. The molecule has 2 aliphatic rings. The molecule has 0 spiro atoms. The van der Waals surface area contributed by atoms with Crippen molar-refractivity contribution in [2.75, 3.05) is 50.0 Å². The fraction of sp³-hybridized carbons (Fsp3) is 0.211. The second kappa shape index (κ2) is 16.9. The van der Waals surface area contributed by atoms with Crippen molar-refractivity contribution in [3.8, 4) is 11.4 Å². The van der Waals surface area contributed by atoms with E-state index in [0.29, 0.717) is 30.3 Å². The van der Waals surface area contributed by atoms with Crippen LogP contribution in [0.4, 0.5) is 15.8 Å². The quantitative estimate of drug-likeness (QED) is 0.177. The SMILES string of the molecule is O=C(Nc1ccc([C@@H]2CNCCO2)cc1)c1cnn(-c2ccccc2)n1.O=C(Nc1ccc([C@H]2CNCCO2)cc1)c1cnn(-c2ccc(F)cc2)n1. The molecule has 0 saturated carbocycles. The zero-order chi connectivity index (χ0) is 36.4. The summed E-state index contributed by atoms with van der Waals surface area (Å²) in [6.45, 7) is 4.72. The Hall–Kier alpha value is -6.13. The summed E-state index contributed by atoms with van der Waals surface area (Å²) < 4.78 is 24.4. The van der Waals surface area contributed by atoms with Crippen molar-refractivity contribution < 1.29 is 23.5 Å². The maximum Gasteiger partial charge on any atom is 0.277 e. The smallest absolute Gasteiger partial charge is 0.277 e. The van der Waals surface area contributed by atoms with Crippen molar-refractivity contribution in [1.29, 1.82) is 0 Å². The summed E-state index contributed by atoms with van der Waals surface area (Å²) in [6.07, 6.45) is 2.91. The molecule has 2 aromatic heterocycles. The fourth-order valence-corrected chi connectivity index (χ4v) is 5.63. The Morgan fingerprint density at radius 2 is 1.08 bits per heavy atom. The summed E-state index contributed by atoms with van der Waals surface area (Å²) in [4.78, 5) is 27.5. The number of carbonyl (C=O) groups is 2. The van der Waals surface area contributed by atoms with Crippen LogP contribution in [-0.2, 0) is 9.47 Å². The van der Waals surface area contributed by atoms with Gasteiger partial charge < -0.3 is 30.7 Å². The molecular weight excluding hydrogens is 679 g/mol. The van der Waals surface area contributed by atoms with Gasteiger partial charge in [0.25, 0.3) is 11.8 Å². The van der Waals surface area contributed by atoms with Gasteiger partial charge in [-0.3, -0.25) is 9.59 Å². The van der Waals surface area contributed by atoms with Gasteiger partial charge >= 0.3 is 0 Å². The van der Waals surface area contributed by atoms with Gasteiger partial charge in [0, 0.05) is 37.6 Å². The standard InChI is InChI=1S/C19H18FN5O2.C19H19N5O2/c20-14-3-7-16(8-4-14)25-22-11-17(24-25)19(26)23-15-5-1-13(2-6-15)18-12-21-9-10-27-18;25-19(17-12-21-24(23-17)16-4-2-1-3-5-16)22-15-8-6-14(7-9-15)18-13-20-10-11-26-18/h1-8,11,18,21H,9-10,12H2,(H,23,26);1-9,12,18,20H,10-11,13H2,(H,22,25)/t2*18-/m10/s1. The number of morpholine rings is 2. The van der Waals surface area contributed by atoms with Crippen molar-refractivity contribution in [3.05, 3.63) is 144 Å². The minimum atomic E-state index is -0.369. The molecule has 15 heteroatoms. The van der Waals surface area contributed by atoms with E-state index < -0.39 is 0 Å². The molecule has 2 fully saturated rings. The first kappa shape index (κ1) is 35.3. The lowest BCUT2D eigenvalue weighted by Crippen LogP contribution is -2.33. The summed E-state index contributed by atoms with van der Waals surface area (Å²) in [5, 5.41) is 28.8. The van der Waals surface area contributed by atoms with Crippen molar-refractivity contribution in [2.24, 2.45) is 0 Å². The third-order valence-corrected chi connectivity index (χ3v) is 8.43. The van der Waals surface area contributed by atoms with Crippen LogP contribution in [0.1, 0.15) is 44.3 Å². The van der Waals surface area contributed by atoms with Crippen LogP contribution in [0.5, 0.6) is 0 Å². The maximum absolute atomic E-state index is 13.0. The number of ether oxygens (including phenoxy) is 2. The van der Waals surface area contributed by atoms with Gasteiger partial charge in [-0.25, -0.2) is 4.39 Å². The molecule has 14 nitrogen and oxygen atoms in total. The van der Waals surface area contributed by atoms with Crippen LogP contribution in [0.3, 0.4) is 0 Å². The van der Waals surface area contributed by atoms with Crippen LogP contribution in [-0.4, -0.2) is 81.2 Å². The molecule has 4 aromatic carbocycles. The predicted octanol–water partition coefficient (Wildman–Crippen LogP) is 4.50. The van der Waals surface area contributed by atoms with Gasteiger partial charge in [-0.1, -0.05) is 42.5 Å². The highest BCUT2D eigenvalue weighted by atomic mass is 19.1. The first-order valence-electron chi connectivity index (χ1n) is 17.1. The van der Waals surface area contributed by atoms with E-state index >= 15 is 0 Å². The molecule has 4 heterocycles.